The van der Waals surface area contributed by atoms with Crippen LogP contribution >= 0.6 is 11.3 Å². The van der Waals surface area contributed by atoms with Gasteiger partial charge in [0, 0.05) is 65.5 Å². The van der Waals surface area contributed by atoms with Crippen LogP contribution in [-0.4, -0.2) is 79.1 Å². The van der Waals surface area contributed by atoms with Crippen LogP contribution in [0.15, 0.2) is 70.1 Å². The van der Waals surface area contributed by atoms with Crippen LogP contribution in [-0.2, 0) is 6.54 Å². The number of aryl methyl sites for hydroxylation is 1. The standard InChI is InChI=1S/C34H35N7O4S/c1-20-15-22(17-23(43)16-20)30-29-32(35)36-19-37-33(29)41(38-30)21(2)31-28(25-5-3-4-6-26(25)34(44)45-31)27-8-7-24(46-27)18-40-11-9-39(10-12-40)13-14-42/h3-8,15-17,19,21,42-43H,9-14,18H2,1-2H3,(H2,35,36,37). The van der Waals surface area contributed by atoms with Gasteiger partial charge in [0.2, 0.25) is 0 Å². The van der Waals surface area contributed by atoms with Crippen LogP contribution in [0, 0.1) is 6.92 Å². The van der Waals surface area contributed by atoms with E-state index in [1.54, 1.807) is 34.2 Å². The summed E-state index contributed by atoms with van der Waals surface area (Å²) in [7, 11) is 0. The minimum Gasteiger partial charge on any atom is -0.508 e. The van der Waals surface area contributed by atoms with Gasteiger partial charge < -0.3 is 20.4 Å². The molecule has 11 nitrogen and oxygen atoms in total. The molecule has 0 aliphatic carbocycles. The Labute approximate surface area is 269 Å². The Bertz CT molecular complexity index is 2090. The number of fused-ring (bicyclic) bond motifs is 2. The Balaban J connectivity index is 1.33. The number of hydrogen-bond acceptors (Lipinski definition) is 11. The summed E-state index contributed by atoms with van der Waals surface area (Å²) in [4.78, 5) is 29.1. The minimum absolute atomic E-state index is 0.115. The van der Waals surface area contributed by atoms with Crippen LogP contribution in [0.4, 0.5) is 5.82 Å². The first-order valence-electron chi connectivity index (χ1n) is 15.3. The van der Waals surface area contributed by atoms with E-state index in [-0.39, 0.29) is 18.2 Å². The average molecular weight is 638 g/mol. The fourth-order valence-electron chi connectivity index (χ4n) is 6.37. The smallest absolute Gasteiger partial charge is 0.343 e. The van der Waals surface area contributed by atoms with Crippen LogP contribution in [0.3, 0.4) is 0 Å². The summed E-state index contributed by atoms with van der Waals surface area (Å²) < 4.78 is 7.88. The molecule has 0 amide bonds. The summed E-state index contributed by atoms with van der Waals surface area (Å²) in [5.74, 6) is 0.846. The average Bonchev–Trinajstić information content (AvgIpc) is 3.67. The van der Waals surface area contributed by atoms with E-state index in [0.717, 1.165) is 54.1 Å². The van der Waals surface area contributed by atoms with Gasteiger partial charge in [0.05, 0.1) is 17.4 Å². The Hall–Kier alpha value is -4.62. The lowest BCUT2D eigenvalue weighted by Crippen LogP contribution is -2.46. The molecule has 1 atom stereocenters. The Morgan fingerprint density at radius 1 is 1.02 bits per heavy atom. The van der Waals surface area contributed by atoms with Gasteiger partial charge in [-0.25, -0.2) is 19.4 Å². The largest absolute Gasteiger partial charge is 0.508 e. The number of anilines is 1. The third kappa shape index (κ3) is 5.53. The molecule has 0 saturated carbocycles. The first kappa shape index (κ1) is 30.1. The lowest BCUT2D eigenvalue weighted by atomic mass is 10.0. The van der Waals surface area contributed by atoms with Crippen molar-refractivity contribution in [3.63, 3.8) is 0 Å². The first-order valence-corrected chi connectivity index (χ1v) is 16.1. The molecule has 2 aromatic carbocycles. The Morgan fingerprint density at radius 3 is 2.54 bits per heavy atom. The second kappa shape index (κ2) is 12.3. The van der Waals surface area contributed by atoms with Crippen LogP contribution in [0.25, 0.3) is 43.5 Å². The number of nitrogens with two attached hydrogens (primary N) is 1. The molecule has 5 heterocycles. The predicted molar refractivity (Wildman–Crippen MR) is 180 cm³/mol. The number of aliphatic hydroxyl groups is 1. The number of benzene rings is 2. The van der Waals surface area contributed by atoms with Crippen LogP contribution in [0.5, 0.6) is 5.75 Å². The number of rotatable bonds is 8. The van der Waals surface area contributed by atoms with Gasteiger partial charge in [-0.2, -0.15) is 5.10 Å². The molecule has 1 saturated heterocycles. The molecular weight excluding hydrogens is 602 g/mol. The second-order valence-corrected chi connectivity index (χ2v) is 12.9. The van der Waals surface area contributed by atoms with Crippen molar-refractivity contribution in [1.29, 1.82) is 0 Å². The molecular formula is C34H35N7O4S. The van der Waals surface area contributed by atoms with Crippen molar-refractivity contribution in [2.75, 3.05) is 45.1 Å². The number of β-amino-alcohol motifs (C(OH)–C–C–N with tert-alkyl or cyclic N) is 1. The van der Waals surface area contributed by atoms with E-state index >= 15 is 0 Å². The highest BCUT2D eigenvalue weighted by Crippen LogP contribution is 2.41. The van der Waals surface area contributed by atoms with E-state index in [1.807, 2.05) is 38.1 Å². The zero-order valence-corrected chi connectivity index (χ0v) is 26.5. The number of phenolic OH excluding ortho intramolecular Hbond substituents is 1. The fourth-order valence-corrected chi connectivity index (χ4v) is 7.49. The maximum absolute atomic E-state index is 13.4. The molecule has 7 rings (SSSR count). The number of aromatic hydroxyl groups is 1. The van der Waals surface area contributed by atoms with Crippen molar-refractivity contribution < 1.29 is 14.6 Å². The van der Waals surface area contributed by atoms with E-state index in [1.165, 1.54) is 11.2 Å². The molecule has 1 unspecified atom stereocenters. The number of aliphatic hydroxyl groups excluding tert-OH is 1. The molecule has 4 N–H and O–H groups in total. The van der Waals surface area contributed by atoms with Crippen molar-refractivity contribution >= 4 is 39.0 Å². The Kier molecular flexibility index (Phi) is 8.03. The Morgan fingerprint density at radius 2 is 1.78 bits per heavy atom. The van der Waals surface area contributed by atoms with Crippen molar-refractivity contribution in [3.8, 4) is 27.4 Å². The number of nitrogen functional groups attached to an aromatic ring is 1. The summed E-state index contributed by atoms with van der Waals surface area (Å²) in [5.41, 5.74) is 9.37. The number of aromatic nitrogens is 4. The number of thiophene rings is 1. The van der Waals surface area contributed by atoms with Gasteiger partial charge in [0.25, 0.3) is 0 Å². The summed E-state index contributed by atoms with van der Waals surface area (Å²) >= 11 is 1.69. The van der Waals surface area contributed by atoms with Gasteiger partial charge in [-0.3, -0.25) is 9.80 Å². The lowest BCUT2D eigenvalue weighted by molar-refractivity contribution is 0.109. The zero-order chi connectivity index (χ0) is 31.9. The number of phenols is 1. The molecule has 0 spiro atoms. The molecule has 1 fully saturated rings. The summed E-state index contributed by atoms with van der Waals surface area (Å²) in [6.07, 6.45) is 1.40. The van der Waals surface area contributed by atoms with Crippen molar-refractivity contribution in [1.82, 2.24) is 29.5 Å². The molecule has 1 aliphatic rings. The monoisotopic (exact) mass is 637 g/mol. The highest BCUT2D eigenvalue weighted by atomic mass is 32.1. The normalized spacial score (nSPS) is 15.2. The van der Waals surface area contributed by atoms with E-state index in [2.05, 4.69) is 31.9 Å². The quantitative estimate of drug-likeness (QED) is 0.216. The van der Waals surface area contributed by atoms with Gasteiger partial charge in [0.15, 0.2) is 5.65 Å². The van der Waals surface area contributed by atoms with Gasteiger partial charge in [-0.1, -0.05) is 18.2 Å². The SMILES string of the molecule is Cc1cc(O)cc(-c2nn(C(C)c3oc(=O)c4ccccc4c3-c3ccc(CN4CCN(CCO)CC4)s3)c3ncnc(N)c23)c1. The molecule has 6 aromatic rings. The molecule has 1 aliphatic heterocycles. The van der Waals surface area contributed by atoms with Gasteiger partial charge in [-0.15, -0.1) is 11.3 Å². The van der Waals surface area contributed by atoms with E-state index in [0.29, 0.717) is 40.0 Å². The molecule has 0 bridgehead atoms. The summed E-state index contributed by atoms with van der Waals surface area (Å²) in [6.45, 7) is 9.30. The lowest BCUT2D eigenvalue weighted by Gasteiger charge is -2.34. The maximum Gasteiger partial charge on any atom is 0.343 e. The first-order chi connectivity index (χ1) is 22.3. The van der Waals surface area contributed by atoms with Crippen molar-refractivity contribution in [2.24, 2.45) is 0 Å². The van der Waals surface area contributed by atoms with Crippen LogP contribution in [0.2, 0.25) is 0 Å². The zero-order valence-electron chi connectivity index (χ0n) is 25.7. The van der Waals surface area contributed by atoms with Crippen molar-refractivity contribution in [3.05, 3.63) is 87.5 Å². The van der Waals surface area contributed by atoms with E-state index in [9.17, 15) is 15.0 Å². The highest BCUT2D eigenvalue weighted by molar-refractivity contribution is 7.15. The van der Waals surface area contributed by atoms with Gasteiger partial charge in [-0.05, 0) is 55.8 Å². The third-order valence-corrected chi connectivity index (χ3v) is 9.72. The maximum atomic E-state index is 13.4. The summed E-state index contributed by atoms with van der Waals surface area (Å²) in [5, 5.41) is 26.5. The summed E-state index contributed by atoms with van der Waals surface area (Å²) in [6, 6.07) is 16.4. The van der Waals surface area contributed by atoms with Gasteiger partial charge >= 0.3 is 5.63 Å². The number of nitrogens with zero attached hydrogens (tertiary/aromatic N) is 6. The fraction of sp³-hybridized carbons (Fsp3) is 0.294. The van der Waals surface area contributed by atoms with E-state index < -0.39 is 11.7 Å². The number of hydrogen-bond donors (Lipinski definition) is 3. The molecule has 236 valence electrons. The topological polar surface area (TPSA) is 147 Å². The van der Waals surface area contributed by atoms with E-state index in [4.69, 9.17) is 15.2 Å². The minimum atomic E-state index is -0.554. The molecule has 0 radical (unpaired) electrons. The highest BCUT2D eigenvalue weighted by Gasteiger charge is 2.28. The van der Waals surface area contributed by atoms with Gasteiger partial charge in [0.1, 0.15) is 35.4 Å². The molecule has 12 heteroatoms. The van der Waals surface area contributed by atoms with Crippen LogP contribution < -0.4 is 11.4 Å². The number of piperazine rings is 1. The van der Waals surface area contributed by atoms with Crippen molar-refractivity contribution in [2.45, 2.75) is 26.4 Å². The third-order valence-electron chi connectivity index (χ3n) is 8.63. The molecule has 46 heavy (non-hydrogen) atoms. The predicted octanol–water partition coefficient (Wildman–Crippen LogP) is 4.64. The second-order valence-electron chi connectivity index (χ2n) is 11.8. The molecule has 4 aromatic heterocycles. The van der Waals surface area contributed by atoms with Crippen LogP contribution in [0.1, 0.15) is 29.2 Å².